The van der Waals surface area contributed by atoms with Crippen LogP contribution in [0.3, 0.4) is 0 Å². The van der Waals surface area contributed by atoms with Crippen LogP contribution in [0.2, 0.25) is 0 Å². The number of hydrogen-bond donors (Lipinski definition) is 0. The minimum absolute atomic E-state index is 0.0645. The van der Waals surface area contributed by atoms with Crippen LogP contribution in [0.4, 0.5) is 5.69 Å². The van der Waals surface area contributed by atoms with Crippen LogP contribution in [0.5, 0.6) is 0 Å². The minimum Gasteiger partial charge on any atom is -0.336 e. The quantitative estimate of drug-likeness (QED) is 0.645. The molecular formula is C21H16N4OS. The van der Waals surface area contributed by atoms with Crippen LogP contribution in [-0.4, -0.2) is 33.1 Å². The fraction of sp³-hybridized carbons (Fsp3) is 0.190. The number of aromatic nitrogens is 1. The van der Waals surface area contributed by atoms with E-state index in [4.69, 9.17) is 12.2 Å². The molecule has 0 unspecified atom stereocenters. The molecule has 0 N–H and O–H groups in total. The third kappa shape index (κ3) is 2.29. The number of nitriles is 1. The molecule has 1 atom stereocenters. The number of carbonyl (C=O) groups excluding carboxylic acids is 1. The maximum atomic E-state index is 12.7. The highest BCUT2D eigenvalue weighted by Crippen LogP contribution is 2.32. The molecule has 1 aromatic heterocycles. The number of carbonyl (C=O) groups is 1. The maximum absolute atomic E-state index is 12.7. The molecule has 6 heteroatoms. The number of rotatable bonds is 2. The third-order valence-corrected chi connectivity index (χ3v) is 5.83. The van der Waals surface area contributed by atoms with E-state index in [1.807, 2.05) is 64.2 Å². The molecule has 2 aliphatic heterocycles. The van der Waals surface area contributed by atoms with Gasteiger partial charge in [0.2, 0.25) is 0 Å². The number of benzene rings is 2. The number of fused-ring (bicyclic) bond motifs is 2. The van der Waals surface area contributed by atoms with Crippen LogP contribution in [0.25, 0.3) is 16.5 Å². The molecule has 2 aliphatic rings. The molecule has 0 radical (unpaired) electrons. The van der Waals surface area contributed by atoms with Crippen molar-refractivity contribution in [2.75, 3.05) is 11.4 Å². The van der Waals surface area contributed by atoms with Crippen molar-refractivity contribution in [2.45, 2.75) is 18.9 Å². The van der Waals surface area contributed by atoms with Crippen molar-refractivity contribution < 1.29 is 4.79 Å². The predicted molar refractivity (Wildman–Crippen MR) is 108 cm³/mol. The first kappa shape index (κ1) is 16.0. The average molecular weight is 372 g/mol. The fourth-order valence-corrected chi connectivity index (χ4v) is 4.51. The standard InChI is InChI=1S/C21H16N4OS/c22-12-19-17-5-2-1-4-14(17)13-24(19)15-7-9-16(10-8-15)25-20(26)18-6-3-11-23(18)21(25)27/h1-2,4-5,7-10,13,18H,3,6,11H2/t18-/m0/s1. The van der Waals surface area contributed by atoms with Crippen LogP contribution >= 0.6 is 12.2 Å². The van der Waals surface area contributed by atoms with Crippen LogP contribution < -0.4 is 4.90 Å². The van der Waals surface area contributed by atoms with Crippen LogP contribution in [0.1, 0.15) is 18.5 Å². The molecule has 2 fully saturated rings. The van der Waals surface area contributed by atoms with Crippen LogP contribution in [-0.2, 0) is 4.79 Å². The zero-order valence-corrected chi connectivity index (χ0v) is 15.3. The Morgan fingerprint density at radius 3 is 2.56 bits per heavy atom. The van der Waals surface area contributed by atoms with Gasteiger partial charge in [0.1, 0.15) is 17.8 Å². The van der Waals surface area contributed by atoms with Gasteiger partial charge in [-0.3, -0.25) is 9.69 Å². The first-order valence-electron chi connectivity index (χ1n) is 8.94. The van der Waals surface area contributed by atoms with Gasteiger partial charge in [0.25, 0.3) is 5.91 Å². The zero-order valence-electron chi connectivity index (χ0n) is 14.5. The summed E-state index contributed by atoms with van der Waals surface area (Å²) < 4.78 is 1.89. The molecule has 0 saturated carbocycles. The molecule has 0 bridgehead atoms. The smallest absolute Gasteiger partial charge is 0.256 e. The lowest BCUT2D eigenvalue weighted by molar-refractivity contribution is -0.119. The molecule has 27 heavy (non-hydrogen) atoms. The lowest BCUT2D eigenvalue weighted by Crippen LogP contribution is -2.32. The summed E-state index contributed by atoms with van der Waals surface area (Å²) in [6, 6.07) is 17.7. The third-order valence-electron chi connectivity index (χ3n) is 5.41. The molecule has 2 aromatic carbocycles. The summed E-state index contributed by atoms with van der Waals surface area (Å²) in [4.78, 5) is 16.4. The Balaban J connectivity index is 1.53. The summed E-state index contributed by atoms with van der Waals surface area (Å²) in [5.41, 5.74) is 2.26. The molecule has 0 spiro atoms. The first-order valence-corrected chi connectivity index (χ1v) is 9.35. The van der Waals surface area contributed by atoms with E-state index in [1.165, 1.54) is 0 Å². The Bertz CT molecular complexity index is 1100. The Morgan fingerprint density at radius 1 is 1.07 bits per heavy atom. The van der Waals surface area contributed by atoms with E-state index in [2.05, 4.69) is 6.07 Å². The number of amides is 1. The van der Waals surface area contributed by atoms with Crippen LogP contribution in [0.15, 0.2) is 54.7 Å². The van der Waals surface area contributed by atoms with E-state index in [9.17, 15) is 10.1 Å². The van der Waals surface area contributed by atoms with Gasteiger partial charge >= 0.3 is 0 Å². The van der Waals surface area contributed by atoms with E-state index in [0.717, 1.165) is 41.5 Å². The van der Waals surface area contributed by atoms with E-state index >= 15 is 0 Å². The Labute approximate surface area is 162 Å². The van der Waals surface area contributed by atoms with Gasteiger partial charge in [-0.25, -0.2) is 0 Å². The van der Waals surface area contributed by atoms with Gasteiger partial charge < -0.3 is 9.47 Å². The van der Waals surface area contributed by atoms with Gasteiger partial charge in [0.15, 0.2) is 5.11 Å². The summed E-state index contributed by atoms with van der Waals surface area (Å²) in [5, 5.41) is 12.2. The van der Waals surface area contributed by atoms with Gasteiger partial charge in [-0.2, -0.15) is 5.26 Å². The maximum Gasteiger partial charge on any atom is 0.256 e. The number of anilines is 1. The van der Waals surface area contributed by atoms with Crippen molar-refractivity contribution in [3.8, 4) is 11.8 Å². The highest BCUT2D eigenvalue weighted by atomic mass is 32.1. The summed E-state index contributed by atoms with van der Waals surface area (Å²) in [6.07, 6.45) is 3.85. The second-order valence-corrected chi connectivity index (χ2v) is 7.24. The summed E-state index contributed by atoms with van der Waals surface area (Å²) in [7, 11) is 0. The Morgan fingerprint density at radius 2 is 1.81 bits per heavy atom. The fourth-order valence-electron chi connectivity index (χ4n) is 4.10. The van der Waals surface area contributed by atoms with Gasteiger partial charge in [-0.05, 0) is 49.3 Å². The molecule has 3 aromatic rings. The summed E-state index contributed by atoms with van der Waals surface area (Å²) in [5.74, 6) is 0.0645. The largest absolute Gasteiger partial charge is 0.336 e. The highest BCUT2D eigenvalue weighted by Gasteiger charge is 2.45. The molecule has 2 saturated heterocycles. The van der Waals surface area contributed by atoms with Crippen molar-refractivity contribution in [1.82, 2.24) is 9.47 Å². The van der Waals surface area contributed by atoms with Crippen molar-refractivity contribution in [3.05, 3.63) is 60.4 Å². The molecule has 1 amide bonds. The van der Waals surface area contributed by atoms with Gasteiger partial charge in [-0.15, -0.1) is 0 Å². The van der Waals surface area contributed by atoms with E-state index < -0.39 is 0 Å². The molecule has 0 aliphatic carbocycles. The van der Waals surface area contributed by atoms with Crippen molar-refractivity contribution in [3.63, 3.8) is 0 Å². The average Bonchev–Trinajstić information content (AvgIpc) is 3.37. The normalized spacial score (nSPS) is 19.0. The number of nitrogens with zero attached hydrogens (tertiary/aromatic N) is 4. The lowest BCUT2D eigenvalue weighted by atomic mass is 10.2. The highest BCUT2D eigenvalue weighted by molar-refractivity contribution is 7.80. The van der Waals surface area contributed by atoms with Crippen molar-refractivity contribution in [2.24, 2.45) is 0 Å². The molecule has 5 rings (SSSR count). The number of hydrogen-bond acceptors (Lipinski definition) is 3. The second kappa shape index (κ2) is 5.93. The number of thiocarbonyl (C=S) groups is 1. The summed E-state index contributed by atoms with van der Waals surface area (Å²) in [6.45, 7) is 0.852. The van der Waals surface area contributed by atoms with E-state index in [0.29, 0.717) is 10.8 Å². The monoisotopic (exact) mass is 372 g/mol. The van der Waals surface area contributed by atoms with Gasteiger partial charge in [-0.1, -0.05) is 24.3 Å². The Kier molecular flexibility index (Phi) is 3.52. The molecule has 5 nitrogen and oxygen atoms in total. The topological polar surface area (TPSA) is 52.3 Å². The van der Waals surface area contributed by atoms with Gasteiger partial charge in [0.05, 0.1) is 5.69 Å². The second-order valence-electron chi connectivity index (χ2n) is 6.87. The van der Waals surface area contributed by atoms with Gasteiger partial charge in [0, 0.05) is 29.2 Å². The first-order chi connectivity index (χ1) is 13.2. The molecular weight excluding hydrogens is 356 g/mol. The van der Waals surface area contributed by atoms with E-state index in [1.54, 1.807) is 4.90 Å². The SMILES string of the molecule is N#Cc1c2ccccc2cn1-c1ccc(N2C(=O)[C@@H]3CCCN3C2=S)cc1. The summed E-state index contributed by atoms with van der Waals surface area (Å²) >= 11 is 5.53. The predicted octanol–water partition coefficient (Wildman–Crippen LogP) is 3.60. The van der Waals surface area contributed by atoms with Crippen LogP contribution in [0, 0.1) is 11.3 Å². The zero-order chi connectivity index (χ0) is 18.5. The molecule has 3 heterocycles. The molecule has 132 valence electrons. The van der Waals surface area contributed by atoms with Crippen molar-refractivity contribution in [1.29, 1.82) is 5.26 Å². The van der Waals surface area contributed by atoms with Crippen molar-refractivity contribution >= 4 is 39.7 Å². The Hall–Kier alpha value is -3.17. The minimum atomic E-state index is -0.0999. The van der Waals surface area contributed by atoms with E-state index in [-0.39, 0.29) is 11.9 Å². The lowest BCUT2D eigenvalue weighted by Gasteiger charge is -2.19.